The first-order valence-electron chi connectivity index (χ1n) is 1.58. The van der Waals surface area contributed by atoms with Gasteiger partial charge in [-0.25, -0.2) is 0 Å². The SMILES string of the molecule is N=C(C#P=O)C(=O)O. The van der Waals surface area contributed by atoms with Crippen molar-refractivity contribution in [3.8, 4) is 5.63 Å². The Morgan fingerprint density at radius 3 is 2.38 bits per heavy atom. The van der Waals surface area contributed by atoms with Gasteiger partial charge in [0.25, 0.3) is 0 Å². The zero-order valence-corrected chi connectivity index (χ0v) is 4.61. The molecule has 4 nitrogen and oxygen atoms in total. The van der Waals surface area contributed by atoms with Crippen molar-refractivity contribution in [2.24, 2.45) is 0 Å². The van der Waals surface area contributed by atoms with Gasteiger partial charge in [0.15, 0.2) is 0 Å². The fraction of sp³-hybridized carbons (Fsp3) is 0. The number of rotatable bonds is 1. The third kappa shape index (κ3) is 2.35. The minimum absolute atomic E-state index is 0.571. The van der Waals surface area contributed by atoms with Crippen LogP contribution in [0, 0.1) is 11.0 Å². The number of carboxylic acids is 1. The molecule has 0 rings (SSSR count). The van der Waals surface area contributed by atoms with Crippen molar-refractivity contribution in [1.29, 1.82) is 5.41 Å². The standard InChI is InChI=1S/C3H2NO3P/c4-2(1-8-7)3(5)6/h4H,(H,5,6). The second-order valence-corrected chi connectivity index (χ2v) is 1.29. The number of aliphatic carboxylic acids is 1. The molecule has 42 valence electrons. The monoisotopic (exact) mass is 131 g/mol. The molecule has 0 aliphatic carbocycles. The van der Waals surface area contributed by atoms with Crippen LogP contribution in [-0.4, -0.2) is 16.8 Å². The molecule has 0 radical (unpaired) electrons. The average Bonchev–Trinajstić information content (AvgIpc) is 1.67. The molecule has 0 unspecified atom stereocenters. The summed E-state index contributed by atoms with van der Waals surface area (Å²) in [6, 6.07) is 0. The van der Waals surface area contributed by atoms with Crippen LogP contribution >= 0.6 is 7.92 Å². The van der Waals surface area contributed by atoms with Crippen LogP contribution in [0.4, 0.5) is 0 Å². The zero-order valence-electron chi connectivity index (χ0n) is 3.71. The Morgan fingerprint density at radius 2 is 2.25 bits per heavy atom. The van der Waals surface area contributed by atoms with Gasteiger partial charge in [0.1, 0.15) is 0 Å². The van der Waals surface area contributed by atoms with E-state index in [1.807, 2.05) is 0 Å². The molecule has 0 heterocycles. The van der Waals surface area contributed by atoms with Crippen LogP contribution in [0.1, 0.15) is 0 Å². The molecule has 0 aliphatic heterocycles. The molecule has 0 atom stereocenters. The molecular formula is C3H2NO3P. The summed E-state index contributed by atoms with van der Waals surface area (Å²) in [4.78, 5) is 9.66. The molecule has 0 fully saturated rings. The Morgan fingerprint density at radius 1 is 1.75 bits per heavy atom. The Bertz CT molecular complexity index is 214. The summed E-state index contributed by atoms with van der Waals surface area (Å²) in [6.07, 6.45) is 0. The third-order valence-electron chi connectivity index (χ3n) is 0.371. The van der Waals surface area contributed by atoms with Crippen LogP contribution in [0.3, 0.4) is 0 Å². The number of hydrogen-bond donors (Lipinski definition) is 2. The van der Waals surface area contributed by atoms with Gasteiger partial charge >= 0.3 is 45.1 Å². The summed E-state index contributed by atoms with van der Waals surface area (Å²) in [5.41, 5.74) is 0.969. The van der Waals surface area contributed by atoms with E-state index in [2.05, 4.69) is 0 Å². The van der Waals surface area contributed by atoms with Crippen LogP contribution in [0.15, 0.2) is 0 Å². The van der Waals surface area contributed by atoms with Crippen LogP contribution in [0.25, 0.3) is 0 Å². The van der Waals surface area contributed by atoms with Crippen LogP contribution in [-0.2, 0) is 9.36 Å². The second kappa shape index (κ2) is 3.19. The first kappa shape index (κ1) is 7.15. The van der Waals surface area contributed by atoms with Gasteiger partial charge in [0.2, 0.25) is 0 Å². The first-order valence-corrected chi connectivity index (χ1v) is 2.40. The Hall–Kier alpha value is -0.850. The molecule has 0 aromatic carbocycles. The van der Waals surface area contributed by atoms with Gasteiger partial charge in [-0.15, -0.1) is 0 Å². The third-order valence-corrected chi connectivity index (χ3v) is 0.686. The fourth-order valence-electron chi connectivity index (χ4n) is 0.0935. The molecule has 0 aromatic rings. The van der Waals surface area contributed by atoms with Gasteiger partial charge in [-0.1, -0.05) is 0 Å². The van der Waals surface area contributed by atoms with Crippen molar-refractivity contribution >= 4 is 19.6 Å². The van der Waals surface area contributed by atoms with Crippen molar-refractivity contribution in [1.82, 2.24) is 0 Å². The molecule has 0 bridgehead atoms. The van der Waals surface area contributed by atoms with E-state index >= 15 is 0 Å². The van der Waals surface area contributed by atoms with Crippen LogP contribution in [0.2, 0.25) is 0 Å². The van der Waals surface area contributed by atoms with E-state index in [4.69, 9.17) is 10.5 Å². The maximum atomic E-state index is 9.66. The molecule has 0 saturated heterocycles. The number of nitrogens with one attached hydrogen (secondary N) is 1. The van der Waals surface area contributed by atoms with E-state index in [1.54, 1.807) is 5.63 Å². The molecular weight excluding hydrogens is 129 g/mol. The molecule has 0 aliphatic rings. The van der Waals surface area contributed by atoms with E-state index in [0.29, 0.717) is 0 Å². The molecule has 0 amide bonds. The van der Waals surface area contributed by atoms with E-state index in [-0.39, 0.29) is 0 Å². The Balaban J connectivity index is 4.20. The summed E-state index contributed by atoms with van der Waals surface area (Å²) < 4.78 is 9.50. The average molecular weight is 131 g/mol. The van der Waals surface area contributed by atoms with Gasteiger partial charge in [-0.05, 0) is 0 Å². The van der Waals surface area contributed by atoms with Crippen molar-refractivity contribution < 1.29 is 14.5 Å². The van der Waals surface area contributed by atoms with Crippen LogP contribution in [0.5, 0.6) is 0 Å². The number of carbonyl (C=O) groups is 1. The van der Waals surface area contributed by atoms with Gasteiger partial charge in [0.05, 0.1) is 0 Å². The van der Waals surface area contributed by atoms with E-state index in [1.165, 1.54) is 0 Å². The molecule has 0 saturated carbocycles. The topological polar surface area (TPSA) is 78.2 Å². The van der Waals surface area contributed by atoms with Crippen molar-refractivity contribution in [2.45, 2.75) is 0 Å². The number of hydrogen-bond acceptors (Lipinski definition) is 3. The predicted molar refractivity (Wildman–Crippen MR) is 26.9 cm³/mol. The summed E-state index contributed by atoms with van der Waals surface area (Å²) in [7, 11) is -0.571. The van der Waals surface area contributed by atoms with E-state index in [9.17, 15) is 9.36 Å². The van der Waals surface area contributed by atoms with Crippen molar-refractivity contribution in [2.75, 3.05) is 0 Å². The molecule has 5 heteroatoms. The minimum atomic E-state index is -1.42. The summed E-state index contributed by atoms with van der Waals surface area (Å²) >= 11 is 0. The predicted octanol–water partition coefficient (Wildman–Crippen LogP) is 0.342. The van der Waals surface area contributed by atoms with Gasteiger partial charge in [0, 0.05) is 0 Å². The van der Waals surface area contributed by atoms with E-state index in [0.717, 1.165) is 0 Å². The quantitative estimate of drug-likeness (QED) is 0.397. The second-order valence-electron chi connectivity index (χ2n) is 0.883. The van der Waals surface area contributed by atoms with E-state index < -0.39 is 19.6 Å². The number of carboxylic acid groups (broad SMARTS) is 1. The van der Waals surface area contributed by atoms with Gasteiger partial charge in [-0.2, -0.15) is 0 Å². The van der Waals surface area contributed by atoms with Gasteiger partial charge < -0.3 is 0 Å². The van der Waals surface area contributed by atoms with Gasteiger partial charge in [-0.3, -0.25) is 0 Å². The van der Waals surface area contributed by atoms with Crippen LogP contribution < -0.4 is 0 Å². The maximum absolute atomic E-state index is 9.66. The normalized spacial score (nSPS) is 7.00. The Labute approximate surface area is 46.2 Å². The molecule has 2 N–H and O–H groups in total. The fourth-order valence-corrected chi connectivity index (χ4v) is 0.280. The first-order chi connectivity index (χ1) is 3.68. The zero-order chi connectivity index (χ0) is 6.57. The molecule has 8 heavy (non-hydrogen) atoms. The molecule has 0 aromatic heterocycles. The summed E-state index contributed by atoms with van der Waals surface area (Å²) in [5, 5.41) is 14.3. The van der Waals surface area contributed by atoms with Crippen molar-refractivity contribution in [3.05, 3.63) is 0 Å². The Kier molecular flexibility index (Phi) is 2.85. The molecule has 0 spiro atoms. The van der Waals surface area contributed by atoms with Crippen molar-refractivity contribution in [3.63, 3.8) is 0 Å². The summed E-state index contributed by atoms with van der Waals surface area (Å²) in [5.74, 6) is -1.42. The summed E-state index contributed by atoms with van der Waals surface area (Å²) in [6.45, 7) is 0.